The van der Waals surface area contributed by atoms with Gasteiger partial charge in [-0.1, -0.05) is 0 Å². The van der Waals surface area contributed by atoms with Crippen molar-refractivity contribution in [2.75, 3.05) is 40.1 Å². The van der Waals surface area contributed by atoms with Crippen LogP contribution in [0.1, 0.15) is 45.6 Å². The molecule has 0 unspecified atom stereocenters. The first-order valence-electron chi connectivity index (χ1n) is 10.9. The van der Waals surface area contributed by atoms with Gasteiger partial charge < -0.3 is 35.0 Å². The Hall–Kier alpha value is -2.72. The zero-order valence-corrected chi connectivity index (χ0v) is 27.3. The number of unbranched alkanes of at least 4 members (excludes halogenated alkanes) is 1. The van der Waals surface area contributed by atoms with Gasteiger partial charge in [0.25, 0.3) is 5.69 Å². The molecule has 0 bridgehead atoms. The second kappa shape index (κ2) is 16.0. The van der Waals surface area contributed by atoms with Crippen LogP contribution < -0.4 is 14.8 Å². The summed E-state index contributed by atoms with van der Waals surface area (Å²) in [4.78, 5) is 11.1. The molecule has 180 valence electrons. The number of nitrogens with one attached hydrogen (secondary N) is 1. The van der Waals surface area contributed by atoms with Crippen LogP contribution in [-0.2, 0) is 19.8 Å². The van der Waals surface area contributed by atoms with E-state index in [1.807, 2.05) is 20.8 Å². The quantitative estimate of drug-likeness (QED) is 0.0794. The summed E-state index contributed by atoms with van der Waals surface area (Å²) >= 11 is 0. The fraction of sp³-hybridized carbons (Fsp3) is 0.667. The summed E-state index contributed by atoms with van der Waals surface area (Å²) in [5.41, 5.74) is 0.549. The van der Waals surface area contributed by atoms with Crippen LogP contribution >= 0.6 is 0 Å². The Morgan fingerprint density at radius 2 is 1.69 bits per heavy atom. The normalized spacial score (nSPS) is 11.2. The van der Waals surface area contributed by atoms with E-state index in [-0.39, 0.29) is 5.69 Å². The maximum absolute atomic E-state index is 11.5. The molecule has 0 amide bonds. The van der Waals surface area contributed by atoms with Gasteiger partial charge in [-0.15, -0.1) is 6.42 Å². The minimum Gasteiger partial charge on any atom is -0.493 e. The van der Waals surface area contributed by atoms with Crippen molar-refractivity contribution < 1.29 is 27.7 Å². The summed E-state index contributed by atoms with van der Waals surface area (Å²) in [6.07, 6.45) is 2.31. The number of nitro groups is 1. The number of hydrogen-bond acceptors (Lipinski definition) is 8. The smallest absolute Gasteiger partial charge is 0.493 e. The fourth-order valence-corrected chi connectivity index (χ4v) is 5.86. The van der Waals surface area contributed by atoms with Crippen molar-refractivity contribution in [1.82, 2.24) is 5.32 Å². The van der Waals surface area contributed by atoms with Crippen LogP contribution in [0.15, 0.2) is 12.1 Å². The zero-order chi connectivity index (χ0) is 23.1. The van der Waals surface area contributed by atoms with Crippen molar-refractivity contribution in [2.24, 2.45) is 0 Å². The average Bonchev–Trinajstić information content (AvgIpc) is 2.75. The number of benzene rings is 1. The first-order valence-corrected chi connectivity index (χ1v) is 12.8. The zero-order valence-electron chi connectivity index (χ0n) is 19.9. The third-order valence-corrected chi connectivity index (χ3v) is 7.61. The van der Waals surface area contributed by atoms with Gasteiger partial charge in [0.15, 0.2) is 11.5 Å². The Kier molecular flexibility index (Phi) is 14.6. The Balaban J connectivity index is 0.00000961. The van der Waals surface area contributed by atoms with Crippen LogP contribution in [0.5, 0.6) is 11.5 Å². The van der Waals surface area contributed by atoms with E-state index in [1.165, 1.54) is 13.2 Å². The van der Waals surface area contributed by atoms with Crippen molar-refractivity contribution in [3.05, 3.63) is 34.7 Å². The van der Waals surface area contributed by atoms with Gasteiger partial charge in [-0.25, -0.2) is 0 Å². The predicted molar refractivity (Wildman–Crippen MR) is 121 cm³/mol. The van der Waals surface area contributed by atoms with Crippen LogP contribution in [-0.4, -0.2) is 53.8 Å². The summed E-state index contributed by atoms with van der Waals surface area (Å²) in [5.74, 6) is 0.822. The van der Waals surface area contributed by atoms with Gasteiger partial charge in [0.2, 0.25) is 0 Å². The Morgan fingerprint density at radius 3 is 2.19 bits per heavy atom. The number of ether oxygens (including phenoxy) is 2. The van der Waals surface area contributed by atoms with Crippen molar-refractivity contribution in [3.8, 4) is 11.5 Å². The molecule has 0 heterocycles. The summed E-state index contributed by atoms with van der Waals surface area (Å²) < 4.78 is 28.5. The van der Waals surface area contributed by atoms with Crippen LogP contribution in [0.3, 0.4) is 0 Å². The SMILES string of the molecule is [CH2-]CCOc1cc([N+](=O)[O-])c(CNCCCC[Si](OCC)(OCC)OCC)cc1OC.[Rf]. The summed E-state index contributed by atoms with van der Waals surface area (Å²) in [5, 5.41) is 14.8. The van der Waals surface area contributed by atoms with E-state index in [0.717, 1.165) is 18.9 Å². The van der Waals surface area contributed by atoms with Gasteiger partial charge in [-0.2, -0.15) is 0 Å². The fourth-order valence-electron chi connectivity index (χ4n) is 3.17. The Bertz CT molecular complexity index is 650. The second-order valence-corrected chi connectivity index (χ2v) is 9.44. The molecule has 0 fully saturated rings. The molecule has 1 rings (SSSR count). The number of hydrogen-bond donors (Lipinski definition) is 1. The van der Waals surface area contributed by atoms with Gasteiger partial charge in [0.05, 0.1) is 24.7 Å². The second-order valence-electron chi connectivity index (χ2n) is 6.71. The molecule has 9 nitrogen and oxygen atoms in total. The molecule has 0 aromatic heterocycles. The van der Waals surface area contributed by atoms with E-state index >= 15 is 0 Å². The number of nitrogens with zero attached hydrogens (tertiary/aromatic N) is 1. The maximum Gasteiger partial charge on any atom is 0.500 e. The van der Waals surface area contributed by atoms with Crippen molar-refractivity contribution in [2.45, 2.75) is 52.6 Å². The van der Waals surface area contributed by atoms with Gasteiger partial charge in [-0.3, -0.25) is 10.1 Å². The van der Waals surface area contributed by atoms with E-state index in [2.05, 4.69) is 12.2 Å². The van der Waals surface area contributed by atoms with Crippen LogP contribution in [0, 0.1) is 17.0 Å². The first kappa shape index (κ1) is 29.3. The molecule has 0 aliphatic heterocycles. The van der Waals surface area contributed by atoms with Crippen LogP contribution in [0.25, 0.3) is 0 Å². The molecule has 0 saturated carbocycles. The number of rotatable bonds is 18. The van der Waals surface area contributed by atoms with Crippen LogP contribution in [0.2, 0.25) is 6.04 Å². The molecule has 1 aromatic rings. The largest absolute Gasteiger partial charge is 0.500 e. The first-order chi connectivity index (χ1) is 15.0. The summed E-state index contributed by atoms with van der Waals surface area (Å²) in [7, 11) is -1.11. The van der Waals surface area contributed by atoms with E-state index in [4.69, 9.17) is 22.8 Å². The predicted octanol–water partition coefficient (Wildman–Crippen LogP) is 4.12. The molecule has 0 radical (unpaired) electrons. The molecule has 0 aliphatic carbocycles. The van der Waals surface area contributed by atoms with Gasteiger partial charge >= 0.3 is 8.80 Å². The standard InChI is InChI=1S/C21H37N2O7Si.Rf/c1-6-13-27-21-16-19(23(24)25)18(15-20(21)26-5)17-22-12-10-11-14-31(28-7-2,29-8-3)30-9-4;/h15-16,22H,1,6-14,17H2,2-5H3;/q-1;. The van der Waals surface area contributed by atoms with E-state index in [9.17, 15) is 10.1 Å². The summed E-state index contributed by atoms with van der Waals surface area (Å²) in [6, 6.07) is 3.81. The van der Waals surface area contributed by atoms with Crippen molar-refractivity contribution in [1.29, 1.82) is 0 Å². The van der Waals surface area contributed by atoms with E-state index in [1.54, 1.807) is 6.07 Å². The Labute approximate surface area is 186 Å². The molecule has 1 aromatic carbocycles. The van der Waals surface area contributed by atoms with Gasteiger partial charge in [0.1, 0.15) is 0 Å². The number of methoxy groups -OCH3 is 1. The van der Waals surface area contributed by atoms with Gasteiger partial charge in [0, 0.05) is 38.0 Å². The molecule has 0 aliphatic rings. The minimum atomic E-state index is -2.63. The van der Waals surface area contributed by atoms with Crippen molar-refractivity contribution >= 4 is 14.5 Å². The molecule has 0 saturated heterocycles. The molecule has 1 N–H and O–H groups in total. The monoisotopic (exact) mass is 724 g/mol. The maximum atomic E-state index is 11.5. The molecule has 0 spiro atoms. The summed E-state index contributed by atoms with van der Waals surface area (Å²) in [6.45, 7) is 12.6. The molecular formula is C21H37N2O7RfSi-. The van der Waals surface area contributed by atoms with E-state index in [0.29, 0.717) is 63.0 Å². The minimum absolute atomic E-state index is 0. The van der Waals surface area contributed by atoms with Crippen molar-refractivity contribution in [3.63, 3.8) is 0 Å². The molecule has 11 heteroatoms. The number of nitro benzene ring substituents is 1. The molecular weight excluding hydrogens is 687 g/mol. The third kappa shape index (κ3) is 9.19. The third-order valence-electron chi connectivity index (χ3n) is 4.46. The molecule has 32 heavy (non-hydrogen) atoms. The van der Waals surface area contributed by atoms with Gasteiger partial charge in [-0.05, 0) is 46.2 Å². The average molecular weight is 725 g/mol. The molecule has 0 atom stereocenters. The topological polar surface area (TPSA) is 101 Å². The van der Waals surface area contributed by atoms with Crippen LogP contribution in [0.4, 0.5) is 5.69 Å². The Morgan fingerprint density at radius 1 is 1.06 bits per heavy atom. The van der Waals surface area contributed by atoms with E-state index < -0.39 is 13.7 Å².